The Morgan fingerprint density at radius 3 is 2.07 bits per heavy atom. The number of aromatic nitrogens is 1. The van der Waals surface area contributed by atoms with Crippen molar-refractivity contribution < 1.29 is 9.59 Å². The molecule has 2 saturated heterocycles. The van der Waals surface area contributed by atoms with Crippen LogP contribution in [-0.4, -0.2) is 22.8 Å². The molecule has 3 heterocycles. The summed E-state index contributed by atoms with van der Waals surface area (Å²) in [7, 11) is 0. The number of hydrogen-bond acceptors (Lipinski definition) is 5. The third-order valence-corrected chi connectivity index (χ3v) is 5.77. The summed E-state index contributed by atoms with van der Waals surface area (Å²) in [5.41, 5.74) is 4.76. The Labute approximate surface area is 168 Å². The van der Waals surface area contributed by atoms with Gasteiger partial charge in [-0.15, -0.1) is 0 Å². The number of anilines is 2. The SMILES string of the molecule is C[C@@]1(c2ccccn2)NN(c2ccccc2)[C@@H]2C(=O)N(c3ccccc3)C(=O)[C@@H]21. The normalized spacial score (nSPS) is 26.1. The largest absolute Gasteiger partial charge is 0.294 e. The van der Waals surface area contributed by atoms with E-state index in [0.29, 0.717) is 5.69 Å². The maximum atomic E-state index is 13.6. The molecule has 0 spiro atoms. The van der Waals surface area contributed by atoms with Gasteiger partial charge >= 0.3 is 0 Å². The number of benzene rings is 2. The van der Waals surface area contributed by atoms with E-state index < -0.39 is 17.5 Å². The fourth-order valence-electron chi connectivity index (χ4n) is 4.40. The van der Waals surface area contributed by atoms with Crippen LogP contribution in [0.25, 0.3) is 0 Å². The van der Waals surface area contributed by atoms with Crippen LogP contribution >= 0.6 is 0 Å². The highest BCUT2D eigenvalue weighted by Crippen LogP contribution is 2.46. The van der Waals surface area contributed by atoms with Crippen molar-refractivity contribution >= 4 is 23.2 Å². The first-order valence-electron chi connectivity index (χ1n) is 9.58. The van der Waals surface area contributed by atoms with Gasteiger partial charge in [-0.3, -0.25) is 19.6 Å². The van der Waals surface area contributed by atoms with Gasteiger partial charge < -0.3 is 0 Å². The van der Waals surface area contributed by atoms with Gasteiger partial charge in [0.2, 0.25) is 5.91 Å². The molecule has 144 valence electrons. The number of nitrogens with one attached hydrogen (secondary N) is 1. The first kappa shape index (κ1) is 17.6. The van der Waals surface area contributed by atoms with Crippen molar-refractivity contribution in [3.8, 4) is 0 Å². The predicted molar refractivity (Wildman–Crippen MR) is 110 cm³/mol. The molecular weight excluding hydrogens is 364 g/mol. The summed E-state index contributed by atoms with van der Waals surface area (Å²) in [5, 5.41) is 1.82. The minimum Gasteiger partial charge on any atom is -0.294 e. The average Bonchev–Trinajstić information content (AvgIpc) is 3.24. The molecule has 0 radical (unpaired) electrons. The maximum Gasteiger partial charge on any atom is 0.258 e. The van der Waals surface area contributed by atoms with Crippen molar-refractivity contribution in [1.82, 2.24) is 10.4 Å². The fourth-order valence-corrected chi connectivity index (χ4v) is 4.40. The highest BCUT2D eigenvalue weighted by Gasteiger charge is 2.64. The van der Waals surface area contributed by atoms with Crippen molar-refractivity contribution in [3.05, 3.63) is 90.8 Å². The number of carbonyl (C=O) groups is 2. The van der Waals surface area contributed by atoms with E-state index in [0.717, 1.165) is 11.4 Å². The highest BCUT2D eigenvalue weighted by molar-refractivity contribution is 6.25. The maximum absolute atomic E-state index is 13.6. The molecule has 1 N–H and O–H groups in total. The predicted octanol–water partition coefficient (Wildman–Crippen LogP) is 2.88. The number of amides is 2. The molecule has 0 aliphatic carbocycles. The van der Waals surface area contributed by atoms with Crippen LogP contribution in [0.1, 0.15) is 12.6 Å². The number of fused-ring (bicyclic) bond motifs is 1. The molecular formula is C23H20N4O2. The second kappa shape index (κ2) is 6.53. The van der Waals surface area contributed by atoms with Crippen molar-refractivity contribution in [2.45, 2.75) is 18.5 Å². The zero-order chi connectivity index (χ0) is 20.0. The quantitative estimate of drug-likeness (QED) is 0.704. The van der Waals surface area contributed by atoms with Gasteiger partial charge in [0.15, 0.2) is 0 Å². The first-order chi connectivity index (χ1) is 14.1. The molecule has 5 rings (SSSR count). The number of para-hydroxylation sites is 2. The molecule has 2 amide bonds. The van der Waals surface area contributed by atoms with E-state index in [1.54, 1.807) is 18.3 Å². The zero-order valence-electron chi connectivity index (χ0n) is 15.9. The summed E-state index contributed by atoms with van der Waals surface area (Å²) in [6, 6.07) is 23.7. The Balaban J connectivity index is 1.66. The van der Waals surface area contributed by atoms with Crippen LogP contribution in [0.5, 0.6) is 0 Å². The lowest BCUT2D eigenvalue weighted by Gasteiger charge is -2.31. The minimum atomic E-state index is -0.821. The number of pyridine rings is 1. The van der Waals surface area contributed by atoms with Crippen LogP contribution < -0.4 is 15.3 Å². The Morgan fingerprint density at radius 1 is 0.828 bits per heavy atom. The Kier molecular flexibility index (Phi) is 3.96. The Morgan fingerprint density at radius 2 is 1.45 bits per heavy atom. The lowest BCUT2D eigenvalue weighted by atomic mass is 9.81. The number of carbonyl (C=O) groups excluding carboxylic acids is 2. The van der Waals surface area contributed by atoms with Crippen molar-refractivity contribution in [1.29, 1.82) is 0 Å². The van der Waals surface area contributed by atoms with Crippen LogP contribution in [0.3, 0.4) is 0 Å². The molecule has 3 aromatic rings. The van der Waals surface area contributed by atoms with Gasteiger partial charge in [-0.25, -0.2) is 10.3 Å². The van der Waals surface area contributed by atoms with Crippen molar-refractivity contribution in [2.75, 3.05) is 9.91 Å². The molecule has 6 heteroatoms. The number of hydrazine groups is 1. The summed E-state index contributed by atoms with van der Waals surface area (Å²) < 4.78 is 0. The summed E-state index contributed by atoms with van der Waals surface area (Å²) in [4.78, 5) is 32.9. The minimum absolute atomic E-state index is 0.217. The zero-order valence-corrected chi connectivity index (χ0v) is 15.9. The van der Waals surface area contributed by atoms with E-state index in [4.69, 9.17) is 0 Å². The molecule has 2 fully saturated rings. The molecule has 0 bridgehead atoms. The van der Waals surface area contributed by atoms with Crippen LogP contribution in [-0.2, 0) is 15.1 Å². The molecule has 6 nitrogen and oxygen atoms in total. The second-order valence-corrected chi connectivity index (χ2v) is 7.50. The number of imide groups is 1. The number of rotatable bonds is 3. The highest BCUT2D eigenvalue weighted by atomic mass is 16.2. The van der Waals surface area contributed by atoms with E-state index in [9.17, 15) is 9.59 Å². The van der Waals surface area contributed by atoms with Gasteiger partial charge in [-0.2, -0.15) is 0 Å². The third kappa shape index (κ3) is 2.57. The summed E-state index contributed by atoms with van der Waals surface area (Å²) >= 11 is 0. The molecule has 2 aromatic carbocycles. The van der Waals surface area contributed by atoms with E-state index >= 15 is 0 Å². The van der Waals surface area contributed by atoms with Crippen molar-refractivity contribution in [3.63, 3.8) is 0 Å². The number of nitrogens with zero attached hydrogens (tertiary/aromatic N) is 3. The van der Waals surface area contributed by atoms with E-state index in [1.807, 2.05) is 78.7 Å². The second-order valence-electron chi connectivity index (χ2n) is 7.50. The fraction of sp³-hybridized carbons (Fsp3) is 0.174. The van der Waals surface area contributed by atoms with Gasteiger partial charge in [-0.05, 0) is 43.3 Å². The van der Waals surface area contributed by atoms with Crippen LogP contribution in [0.4, 0.5) is 11.4 Å². The molecule has 2 aliphatic heterocycles. The molecule has 3 atom stereocenters. The molecule has 0 saturated carbocycles. The van der Waals surface area contributed by atoms with E-state index in [1.165, 1.54) is 4.90 Å². The summed E-state index contributed by atoms with van der Waals surface area (Å²) in [5.74, 6) is -1.06. The lowest BCUT2D eigenvalue weighted by Crippen LogP contribution is -2.50. The van der Waals surface area contributed by atoms with Crippen LogP contribution in [0.15, 0.2) is 85.1 Å². The van der Waals surface area contributed by atoms with Gasteiger partial charge in [0.1, 0.15) is 6.04 Å². The van der Waals surface area contributed by atoms with Gasteiger partial charge in [-0.1, -0.05) is 42.5 Å². The smallest absolute Gasteiger partial charge is 0.258 e. The summed E-state index contributed by atoms with van der Waals surface area (Å²) in [6.45, 7) is 1.94. The lowest BCUT2D eigenvalue weighted by molar-refractivity contribution is -0.123. The third-order valence-electron chi connectivity index (χ3n) is 5.77. The van der Waals surface area contributed by atoms with E-state index in [2.05, 4.69) is 10.4 Å². The monoisotopic (exact) mass is 384 g/mol. The standard InChI is InChI=1S/C23H20N4O2/c1-23(18-14-8-9-15-24-18)19-20(27(25-23)17-12-6-3-7-13-17)22(29)26(21(19)28)16-10-4-2-5-11-16/h2-15,19-20,25H,1H3/t19-,20+,23+/m1/s1. The first-order valence-corrected chi connectivity index (χ1v) is 9.58. The average molecular weight is 384 g/mol. The Bertz CT molecular complexity index is 1060. The van der Waals surface area contributed by atoms with Gasteiger partial charge in [0, 0.05) is 6.20 Å². The van der Waals surface area contributed by atoms with Gasteiger partial charge in [0.25, 0.3) is 5.91 Å². The molecule has 1 aromatic heterocycles. The van der Waals surface area contributed by atoms with Crippen molar-refractivity contribution in [2.24, 2.45) is 5.92 Å². The van der Waals surface area contributed by atoms with E-state index in [-0.39, 0.29) is 11.8 Å². The van der Waals surface area contributed by atoms with Gasteiger partial charge in [0.05, 0.1) is 28.5 Å². The Hall–Kier alpha value is -3.51. The molecule has 0 unspecified atom stereocenters. The molecule has 29 heavy (non-hydrogen) atoms. The van der Waals surface area contributed by atoms with Crippen LogP contribution in [0.2, 0.25) is 0 Å². The number of hydrogen-bond donors (Lipinski definition) is 1. The molecule has 2 aliphatic rings. The van der Waals surface area contributed by atoms with Crippen LogP contribution in [0, 0.1) is 5.92 Å². The summed E-state index contributed by atoms with van der Waals surface area (Å²) in [6.07, 6.45) is 1.71. The topological polar surface area (TPSA) is 65.5 Å².